The van der Waals surface area contributed by atoms with Crippen molar-refractivity contribution in [2.45, 2.75) is 24.4 Å². The van der Waals surface area contributed by atoms with Crippen molar-refractivity contribution in [3.63, 3.8) is 0 Å². The number of alkyl halides is 6. The van der Waals surface area contributed by atoms with Crippen LogP contribution in [0.25, 0.3) is 0 Å². The molecule has 0 amide bonds. The lowest BCUT2D eigenvalue weighted by atomic mass is 9.99. The highest BCUT2D eigenvalue weighted by Crippen LogP contribution is 2.42. The molecule has 0 atom stereocenters. The van der Waals surface area contributed by atoms with Crippen LogP contribution in [0.4, 0.5) is 26.3 Å². The Bertz CT molecular complexity index is 205. The van der Waals surface area contributed by atoms with Gasteiger partial charge in [-0.1, -0.05) is 0 Å². The second-order valence-electron chi connectivity index (χ2n) is 2.20. The largest absolute Gasteiger partial charge is 0.836 e. The van der Waals surface area contributed by atoms with Crippen LogP contribution in [-0.4, -0.2) is 18.0 Å². The van der Waals surface area contributed by atoms with Crippen LogP contribution in [0, 0.1) is 12.3 Å². The average molecular weight is 205 g/mol. The van der Waals surface area contributed by atoms with E-state index < -0.39 is 24.4 Å². The summed E-state index contributed by atoms with van der Waals surface area (Å²) in [7, 11) is 0. The summed E-state index contributed by atoms with van der Waals surface area (Å²) in [5.41, 5.74) is -5.06. The molecule has 0 aromatic heterocycles. The van der Waals surface area contributed by atoms with Gasteiger partial charge < -0.3 is 5.11 Å². The third-order valence-electron chi connectivity index (χ3n) is 1.27. The lowest BCUT2D eigenvalue weighted by Gasteiger charge is -2.41. The third-order valence-corrected chi connectivity index (χ3v) is 1.27. The van der Waals surface area contributed by atoms with E-state index in [-0.39, 0.29) is 0 Å². The summed E-state index contributed by atoms with van der Waals surface area (Å²) in [6, 6.07) is 0. The Hall–Kier alpha value is -0.900. The fraction of sp³-hybridized carbons (Fsp3) is 0.667. The molecule has 0 spiro atoms. The van der Waals surface area contributed by atoms with Gasteiger partial charge >= 0.3 is 12.4 Å². The van der Waals surface area contributed by atoms with Crippen LogP contribution in [-0.2, 0) is 0 Å². The molecule has 0 aliphatic rings. The molecule has 7 heteroatoms. The van der Waals surface area contributed by atoms with Crippen LogP contribution < -0.4 is 5.11 Å². The fourth-order valence-electron chi connectivity index (χ4n) is 0.505. The van der Waals surface area contributed by atoms with E-state index >= 15 is 0 Å². The Kier molecular flexibility index (Phi) is 2.89. The topological polar surface area (TPSA) is 23.1 Å². The van der Waals surface area contributed by atoms with Crippen molar-refractivity contribution in [3.8, 4) is 12.3 Å². The molecule has 0 aromatic carbocycles. The number of halogens is 6. The van der Waals surface area contributed by atoms with Crippen molar-refractivity contribution in [1.29, 1.82) is 0 Å². The van der Waals surface area contributed by atoms with E-state index in [1.54, 1.807) is 0 Å². The van der Waals surface area contributed by atoms with E-state index in [1.807, 2.05) is 0 Å². The molecule has 76 valence electrons. The number of hydrogen-bond acceptors (Lipinski definition) is 1. The van der Waals surface area contributed by atoms with Crippen LogP contribution in [0.3, 0.4) is 0 Å². The molecule has 0 saturated carbocycles. The molecule has 0 N–H and O–H groups in total. The van der Waals surface area contributed by atoms with Crippen molar-refractivity contribution in [1.82, 2.24) is 0 Å². The van der Waals surface area contributed by atoms with Gasteiger partial charge in [0.1, 0.15) is 0 Å². The van der Waals surface area contributed by atoms with Crippen LogP contribution in [0.2, 0.25) is 0 Å². The molecule has 0 unspecified atom stereocenters. The lowest BCUT2D eigenvalue weighted by molar-refractivity contribution is -0.591. The van der Waals surface area contributed by atoms with Crippen LogP contribution >= 0.6 is 0 Å². The molecule has 0 fully saturated rings. The molecule has 0 aromatic rings. The molecule has 0 radical (unpaired) electrons. The van der Waals surface area contributed by atoms with Crippen molar-refractivity contribution >= 4 is 0 Å². The minimum atomic E-state index is -5.93. The maximum atomic E-state index is 11.7. The lowest BCUT2D eigenvalue weighted by Crippen LogP contribution is -2.66. The predicted octanol–water partition coefficient (Wildman–Crippen LogP) is 1.23. The molecule has 13 heavy (non-hydrogen) atoms. The van der Waals surface area contributed by atoms with Crippen LogP contribution in [0.15, 0.2) is 0 Å². The molecule has 0 aliphatic heterocycles. The SMILES string of the molecule is C#CCC([O-])(C(F)(F)F)C(F)(F)F. The van der Waals surface area contributed by atoms with E-state index in [0.717, 1.165) is 5.92 Å². The summed E-state index contributed by atoms with van der Waals surface area (Å²) >= 11 is 0. The van der Waals surface area contributed by atoms with E-state index in [9.17, 15) is 31.4 Å². The minimum absolute atomic E-state index is 1.07. The van der Waals surface area contributed by atoms with Gasteiger partial charge in [0.2, 0.25) is 0 Å². The number of rotatable bonds is 1. The van der Waals surface area contributed by atoms with E-state index in [0.29, 0.717) is 0 Å². The zero-order valence-corrected chi connectivity index (χ0v) is 5.96. The van der Waals surface area contributed by atoms with Gasteiger partial charge in [-0.3, -0.25) is 0 Å². The van der Waals surface area contributed by atoms with Gasteiger partial charge in [0, 0.05) is 6.42 Å². The number of terminal acetylenes is 1. The van der Waals surface area contributed by atoms with Crippen LogP contribution in [0.5, 0.6) is 0 Å². The molecular weight excluding hydrogens is 202 g/mol. The van der Waals surface area contributed by atoms with E-state index in [4.69, 9.17) is 0 Å². The van der Waals surface area contributed by atoms with E-state index in [1.165, 1.54) is 0 Å². The molecular formula is C6H3F6O-. The van der Waals surface area contributed by atoms with Gasteiger partial charge in [-0.25, -0.2) is 0 Å². The first-order valence-electron chi connectivity index (χ1n) is 2.83. The normalized spacial score (nSPS) is 14.0. The summed E-state index contributed by atoms with van der Waals surface area (Å²) in [4.78, 5) is 0. The average Bonchev–Trinajstić information content (AvgIpc) is 1.82. The Labute approximate surface area is 69.4 Å². The molecule has 1 nitrogen and oxygen atoms in total. The van der Waals surface area contributed by atoms with Crippen molar-refractivity contribution in [2.75, 3.05) is 0 Å². The number of hydrogen-bond donors (Lipinski definition) is 0. The van der Waals surface area contributed by atoms with E-state index in [2.05, 4.69) is 6.42 Å². The summed E-state index contributed by atoms with van der Waals surface area (Å²) in [6.07, 6.45) is -9.57. The maximum Gasteiger partial charge on any atom is 0.389 e. The smallest absolute Gasteiger partial charge is 0.389 e. The molecule has 0 bridgehead atoms. The van der Waals surface area contributed by atoms with Crippen molar-refractivity contribution in [3.05, 3.63) is 0 Å². The van der Waals surface area contributed by atoms with Crippen LogP contribution in [0.1, 0.15) is 6.42 Å². The highest BCUT2D eigenvalue weighted by molar-refractivity contribution is 5.02. The predicted molar refractivity (Wildman–Crippen MR) is 28.3 cm³/mol. The first-order valence-corrected chi connectivity index (χ1v) is 2.83. The summed E-state index contributed by atoms with van der Waals surface area (Å²) in [5.74, 6) is 1.07. The second-order valence-corrected chi connectivity index (χ2v) is 2.20. The molecule has 0 saturated heterocycles. The Balaban J connectivity index is 5.11. The Morgan fingerprint density at radius 3 is 1.38 bits per heavy atom. The van der Waals surface area contributed by atoms with Gasteiger partial charge in [-0.2, -0.15) is 26.3 Å². The summed E-state index contributed by atoms with van der Waals surface area (Å²) < 4.78 is 70.0. The molecule has 0 rings (SSSR count). The maximum absolute atomic E-state index is 11.7. The first-order chi connectivity index (χ1) is 5.56. The molecule has 0 aliphatic carbocycles. The summed E-state index contributed by atoms with van der Waals surface area (Å²) in [5, 5.41) is 10.4. The highest BCUT2D eigenvalue weighted by Gasteiger charge is 2.61. The third kappa shape index (κ3) is 2.06. The monoisotopic (exact) mass is 205 g/mol. The summed E-state index contributed by atoms with van der Waals surface area (Å²) in [6.45, 7) is 0. The van der Waals surface area contributed by atoms with Crippen molar-refractivity contribution < 1.29 is 31.4 Å². The van der Waals surface area contributed by atoms with Gasteiger partial charge in [-0.05, 0) is 0 Å². The highest BCUT2D eigenvalue weighted by atomic mass is 19.4. The molecule has 0 heterocycles. The zero-order chi connectivity index (χ0) is 10.9. The first kappa shape index (κ1) is 12.1. The Morgan fingerprint density at radius 2 is 1.31 bits per heavy atom. The van der Waals surface area contributed by atoms with Gasteiger partial charge in [0.15, 0.2) is 0 Å². The standard InChI is InChI=1S/C6H3F6O/c1-2-3-4(13,5(7,8)9)6(10,11)12/h1H,3H2/q-1. The quantitative estimate of drug-likeness (QED) is 0.466. The van der Waals surface area contributed by atoms with Gasteiger partial charge in [0.05, 0.1) is 5.60 Å². The van der Waals surface area contributed by atoms with Gasteiger partial charge in [0.25, 0.3) is 0 Å². The zero-order valence-electron chi connectivity index (χ0n) is 5.96. The van der Waals surface area contributed by atoms with Crippen molar-refractivity contribution in [2.24, 2.45) is 0 Å². The fourth-order valence-corrected chi connectivity index (χ4v) is 0.505. The Morgan fingerprint density at radius 1 is 1.00 bits per heavy atom. The minimum Gasteiger partial charge on any atom is -0.836 e. The second kappa shape index (κ2) is 3.10. The van der Waals surface area contributed by atoms with Gasteiger partial charge in [-0.15, -0.1) is 12.3 Å².